The molecule has 1 aromatic heterocycles. The zero-order valence-corrected chi connectivity index (χ0v) is 16.5. The second-order valence-electron chi connectivity index (χ2n) is 7.82. The molecule has 3 amide bonds. The van der Waals surface area contributed by atoms with Crippen LogP contribution in [0.25, 0.3) is 0 Å². The number of aromatic nitrogens is 3. The van der Waals surface area contributed by atoms with Gasteiger partial charge in [0.1, 0.15) is 17.7 Å². The molecule has 5 rings (SSSR count). The Bertz CT molecular complexity index is 1030. The Kier molecular flexibility index (Phi) is 4.80. The van der Waals surface area contributed by atoms with Gasteiger partial charge in [-0.05, 0) is 17.5 Å². The van der Waals surface area contributed by atoms with Crippen LogP contribution >= 0.6 is 0 Å². The number of hydrogen-bond donors (Lipinski definition) is 3. The largest absolute Gasteiger partial charge is 0.322 e. The number of nitrogens with one attached hydrogen (secondary N) is 3. The summed E-state index contributed by atoms with van der Waals surface area (Å²) in [6.07, 6.45) is 0.619. The Morgan fingerprint density at radius 3 is 2.93 bits per heavy atom. The topological polar surface area (TPSA) is 121 Å². The van der Waals surface area contributed by atoms with Gasteiger partial charge in [0.2, 0.25) is 11.8 Å². The van der Waals surface area contributed by atoms with Crippen LogP contribution < -0.4 is 16.0 Å². The molecule has 0 spiro atoms. The normalized spacial score (nSPS) is 20.9. The molecule has 30 heavy (non-hydrogen) atoms. The van der Waals surface area contributed by atoms with Gasteiger partial charge >= 0.3 is 0 Å². The van der Waals surface area contributed by atoms with Crippen LogP contribution in [0.3, 0.4) is 0 Å². The lowest BCUT2D eigenvalue weighted by Gasteiger charge is -2.29. The van der Waals surface area contributed by atoms with Crippen molar-refractivity contribution in [3.05, 3.63) is 46.5 Å². The molecular formula is C20H23N7O3. The van der Waals surface area contributed by atoms with E-state index >= 15 is 0 Å². The molecule has 4 heterocycles. The summed E-state index contributed by atoms with van der Waals surface area (Å²) in [5.41, 5.74) is 2.46. The molecule has 0 bridgehead atoms. The number of hydrogen-bond acceptors (Lipinski definition) is 7. The number of rotatable bonds is 5. The molecule has 1 unspecified atom stereocenters. The zero-order valence-electron chi connectivity index (χ0n) is 16.5. The molecule has 3 aliphatic heterocycles. The Morgan fingerprint density at radius 1 is 1.17 bits per heavy atom. The summed E-state index contributed by atoms with van der Waals surface area (Å²) in [4.78, 5) is 38.4. The van der Waals surface area contributed by atoms with Crippen LogP contribution in [0.5, 0.6) is 0 Å². The van der Waals surface area contributed by atoms with Crippen molar-refractivity contribution < 1.29 is 14.4 Å². The molecule has 0 aliphatic carbocycles. The van der Waals surface area contributed by atoms with Crippen molar-refractivity contribution in [3.63, 3.8) is 0 Å². The SMILES string of the molecule is O=C1CCC(N2Cc3cccc(CNCc4nnc5n4CCNC5)c3C2=O)C(=O)N1. The minimum Gasteiger partial charge on any atom is -0.322 e. The van der Waals surface area contributed by atoms with Crippen molar-refractivity contribution in [2.75, 3.05) is 6.54 Å². The third-order valence-corrected chi connectivity index (χ3v) is 5.94. The molecule has 156 valence electrons. The molecule has 1 aromatic carbocycles. The lowest BCUT2D eigenvalue weighted by Crippen LogP contribution is -2.52. The molecule has 10 heteroatoms. The van der Waals surface area contributed by atoms with Crippen molar-refractivity contribution >= 4 is 17.7 Å². The predicted molar refractivity (Wildman–Crippen MR) is 105 cm³/mol. The molecule has 3 N–H and O–H groups in total. The molecule has 2 aromatic rings. The maximum Gasteiger partial charge on any atom is 0.255 e. The Hall–Kier alpha value is -3.11. The molecule has 1 saturated heterocycles. The van der Waals surface area contributed by atoms with Crippen LogP contribution in [0, 0.1) is 0 Å². The summed E-state index contributed by atoms with van der Waals surface area (Å²) in [5, 5.41) is 17.5. The van der Waals surface area contributed by atoms with Gasteiger partial charge in [0.25, 0.3) is 5.91 Å². The minimum absolute atomic E-state index is 0.150. The number of carbonyl (C=O) groups excluding carboxylic acids is 3. The van der Waals surface area contributed by atoms with Gasteiger partial charge in [-0.3, -0.25) is 19.7 Å². The van der Waals surface area contributed by atoms with Gasteiger partial charge in [-0.25, -0.2) is 0 Å². The van der Waals surface area contributed by atoms with Crippen molar-refractivity contribution in [1.29, 1.82) is 0 Å². The van der Waals surface area contributed by atoms with E-state index in [4.69, 9.17) is 0 Å². The van der Waals surface area contributed by atoms with Crippen LogP contribution in [0.4, 0.5) is 0 Å². The first-order chi connectivity index (χ1) is 14.6. The summed E-state index contributed by atoms with van der Waals surface area (Å²) >= 11 is 0. The smallest absolute Gasteiger partial charge is 0.255 e. The number of amides is 3. The second-order valence-corrected chi connectivity index (χ2v) is 7.82. The maximum atomic E-state index is 13.1. The number of piperidine rings is 1. The van der Waals surface area contributed by atoms with E-state index in [1.165, 1.54) is 0 Å². The Morgan fingerprint density at radius 2 is 2.07 bits per heavy atom. The number of carbonyl (C=O) groups is 3. The van der Waals surface area contributed by atoms with Gasteiger partial charge in [-0.15, -0.1) is 10.2 Å². The fourth-order valence-corrected chi connectivity index (χ4v) is 4.43. The average molecular weight is 409 g/mol. The van der Waals surface area contributed by atoms with Gasteiger partial charge in [0.15, 0.2) is 0 Å². The molecule has 3 aliphatic rings. The minimum atomic E-state index is -0.598. The van der Waals surface area contributed by atoms with Crippen molar-refractivity contribution in [3.8, 4) is 0 Å². The third-order valence-electron chi connectivity index (χ3n) is 5.94. The maximum absolute atomic E-state index is 13.1. The molecule has 1 fully saturated rings. The highest BCUT2D eigenvalue weighted by Gasteiger charge is 2.39. The number of imide groups is 1. The number of benzene rings is 1. The standard InChI is InChI=1S/C20H23N7O3/c28-17-5-4-14(19(29)23-17)27-11-13-3-1-2-12(18(13)20(27)30)8-22-10-16-25-24-15-9-21-6-7-26(15)16/h1-3,14,21-22H,4-11H2,(H,23,28,29). The van der Waals surface area contributed by atoms with Gasteiger partial charge < -0.3 is 20.1 Å². The third kappa shape index (κ3) is 3.27. The molecule has 0 radical (unpaired) electrons. The van der Waals surface area contributed by atoms with Gasteiger partial charge in [0.05, 0.1) is 13.1 Å². The number of nitrogens with zero attached hydrogens (tertiary/aromatic N) is 4. The van der Waals surface area contributed by atoms with Crippen LogP contribution in [0.1, 0.15) is 46.0 Å². The highest BCUT2D eigenvalue weighted by molar-refractivity contribution is 6.05. The van der Waals surface area contributed by atoms with Gasteiger partial charge in [0, 0.05) is 38.2 Å². The van der Waals surface area contributed by atoms with Crippen molar-refractivity contribution in [1.82, 2.24) is 35.6 Å². The summed E-state index contributed by atoms with van der Waals surface area (Å²) in [7, 11) is 0. The van der Waals surface area contributed by atoms with Crippen molar-refractivity contribution in [2.24, 2.45) is 0 Å². The first kappa shape index (κ1) is 18.9. The highest BCUT2D eigenvalue weighted by atomic mass is 16.2. The van der Waals surface area contributed by atoms with Crippen LogP contribution in [0.2, 0.25) is 0 Å². The molecule has 1 atom stereocenters. The summed E-state index contributed by atoms with van der Waals surface area (Å²) in [6.45, 7) is 3.93. The first-order valence-electron chi connectivity index (χ1n) is 10.2. The average Bonchev–Trinajstić information content (AvgIpc) is 3.30. The fraction of sp³-hybridized carbons (Fsp3) is 0.450. The first-order valence-corrected chi connectivity index (χ1v) is 10.2. The Balaban J connectivity index is 1.28. The lowest BCUT2D eigenvalue weighted by atomic mass is 10.0. The molecule has 10 nitrogen and oxygen atoms in total. The summed E-state index contributed by atoms with van der Waals surface area (Å²) in [6, 6.07) is 5.19. The number of fused-ring (bicyclic) bond motifs is 2. The quantitative estimate of drug-likeness (QED) is 0.566. The summed E-state index contributed by atoms with van der Waals surface area (Å²) < 4.78 is 2.12. The van der Waals surface area contributed by atoms with E-state index in [2.05, 4.69) is 30.7 Å². The van der Waals surface area contributed by atoms with Crippen molar-refractivity contribution in [2.45, 2.75) is 51.6 Å². The predicted octanol–water partition coefficient (Wildman–Crippen LogP) is -0.568. The van der Waals surface area contributed by atoms with E-state index in [1.807, 2.05) is 18.2 Å². The van der Waals surface area contributed by atoms with E-state index in [0.29, 0.717) is 31.6 Å². The highest BCUT2D eigenvalue weighted by Crippen LogP contribution is 2.29. The van der Waals surface area contributed by atoms with E-state index in [9.17, 15) is 14.4 Å². The zero-order chi connectivity index (χ0) is 20.7. The van der Waals surface area contributed by atoms with Gasteiger partial charge in [-0.2, -0.15) is 0 Å². The Labute approximate surface area is 173 Å². The van der Waals surface area contributed by atoms with E-state index in [-0.39, 0.29) is 18.2 Å². The molecular weight excluding hydrogens is 386 g/mol. The summed E-state index contributed by atoms with van der Waals surface area (Å²) in [5.74, 6) is 1.00. The van der Waals surface area contributed by atoms with Crippen LogP contribution in [-0.4, -0.2) is 50.0 Å². The molecule has 0 saturated carbocycles. The van der Waals surface area contributed by atoms with E-state index in [0.717, 1.165) is 42.4 Å². The van der Waals surface area contributed by atoms with Crippen LogP contribution in [-0.2, 0) is 42.3 Å². The lowest BCUT2D eigenvalue weighted by molar-refractivity contribution is -0.136. The van der Waals surface area contributed by atoms with E-state index in [1.54, 1.807) is 4.90 Å². The monoisotopic (exact) mass is 409 g/mol. The fourth-order valence-electron chi connectivity index (χ4n) is 4.43. The van der Waals surface area contributed by atoms with E-state index < -0.39 is 11.9 Å². The second kappa shape index (κ2) is 7.62. The van der Waals surface area contributed by atoms with Crippen LogP contribution in [0.15, 0.2) is 18.2 Å². The van der Waals surface area contributed by atoms with Gasteiger partial charge in [-0.1, -0.05) is 18.2 Å².